The molecule has 2 heterocycles. The van der Waals surface area contributed by atoms with Crippen molar-refractivity contribution in [1.29, 1.82) is 5.26 Å². The zero-order valence-electron chi connectivity index (χ0n) is 10.4. The molecule has 96 valence electrons. The summed E-state index contributed by atoms with van der Waals surface area (Å²) in [6, 6.07) is 5.46. The van der Waals surface area contributed by atoms with Crippen molar-refractivity contribution in [3.63, 3.8) is 0 Å². The van der Waals surface area contributed by atoms with Gasteiger partial charge in [0, 0.05) is 19.7 Å². The Balaban J connectivity index is 2.15. The average Bonchev–Trinajstić information content (AvgIpc) is 2.39. The van der Waals surface area contributed by atoms with Gasteiger partial charge in [0.25, 0.3) is 0 Å². The fourth-order valence-electron chi connectivity index (χ4n) is 2.23. The maximum absolute atomic E-state index is 8.94. The number of halogens is 1. The van der Waals surface area contributed by atoms with Crippen LogP contribution in [0.5, 0.6) is 0 Å². The van der Waals surface area contributed by atoms with E-state index in [0.717, 1.165) is 38.4 Å². The van der Waals surface area contributed by atoms with Crippen LogP contribution in [0.1, 0.15) is 25.3 Å². The fourth-order valence-corrected chi connectivity index (χ4v) is 2.43. The second-order valence-electron chi connectivity index (χ2n) is 4.31. The molecule has 0 bridgehead atoms. The zero-order valence-corrected chi connectivity index (χ0v) is 11.2. The maximum Gasteiger partial charge on any atom is 0.132 e. The molecule has 18 heavy (non-hydrogen) atoms. The number of pyridine rings is 1. The molecule has 1 aliphatic rings. The summed E-state index contributed by atoms with van der Waals surface area (Å²) in [7, 11) is 0. The Bertz CT molecular complexity index is 456. The van der Waals surface area contributed by atoms with Gasteiger partial charge in [-0.3, -0.25) is 0 Å². The van der Waals surface area contributed by atoms with Crippen LogP contribution in [-0.2, 0) is 4.74 Å². The lowest BCUT2D eigenvalue weighted by molar-refractivity contribution is 0.0525. The molecule has 4 nitrogen and oxygen atoms in total. The summed E-state index contributed by atoms with van der Waals surface area (Å²) in [6.45, 7) is 4.48. The molecule has 1 aromatic rings. The molecule has 0 radical (unpaired) electrons. The third-order valence-electron chi connectivity index (χ3n) is 3.01. The summed E-state index contributed by atoms with van der Waals surface area (Å²) in [4.78, 5) is 6.42. The van der Waals surface area contributed by atoms with Crippen LogP contribution in [0.3, 0.4) is 0 Å². The van der Waals surface area contributed by atoms with E-state index in [1.807, 2.05) is 6.92 Å². The van der Waals surface area contributed by atoms with Crippen LogP contribution in [0.15, 0.2) is 12.1 Å². The number of anilines is 1. The van der Waals surface area contributed by atoms with E-state index in [0.29, 0.717) is 10.7 Å². The second kappa shape index (κ2) is 6.03. The molecule has 0 saturated carbocycles. The lowest BCUT2D eigenvalue weighted by atomic mass is 10.1. The summed E-state index contributed by atoms with van der Waals surface area (Å²) < 4.78 is 5.65. The minimum atomic E-state index is 0.245. The van der Waals surface area contributed by atoms with Crippen LogP contribution in [0.2, 0.25) is 5.15 Å². The first-order chi connectivity index (χ1) is 8.72. The first-order valence-corrected chi connectivity index (χ1v) is 6.55. The minimum absolute atomic E-state index is 0.245. The Morgan fingerprint density at radius 2 is 2.44 bits per heavy atom. The number of ether oxygens (including phenoxy) is 1. The number of nitrogens with zero attached hydrogens (tertiary/aromatic N) is 3. The van der Waals surface area contributed by atoms with E-state index in [-0.39, 0.29) is 6.10 Å². The Kier molecular flexibility index (Phi) is 4.40. The van der Waals surface area contributed by atoms with E-state index in [2.05, 4.69) is 16.0 Å². The van der Waals surface area contributed by atoms with Crippen LogP contribution in [0, 0.1) is 11.3 Å². The van der Waals surface area contributed by atoms with Crippen molar-refractivity contribution in [3.05, 3.63) is 22.8 Å². The van der Waals surface area contributed by atoms with E-state index in [1.54, 1.807) is 12.1 Å². The maximum atomic E-state index is 8.94. The molecule has 1 aromatic heterocycles. The fraction of sp³-hybridized carbons (Fsp3) is 0.538. The van der Waals surface area contributed by atoms with Crippen molar-refractivity contribution in [1.82, 2.24) is 4.98 Å². The van der Waals surface area contributed by atoms with E-state index in [4.69, 9.17) is 21.6 Å². The first kappa shape index (κ1) is 13.1. The third-order valence-corrected chi connectivity index (χ3v) is 3.21. The van der Waals surface area contributed by atoms with E-state index in [1.165, 1.54) is 0 Å². The summed E-state index contributed by atoms with van der Waals surface area (Å²) in [5.74, 6) is 0.767. The van der Waals surface area contributed by atoms with Gasteiger partial charge in [-0.05, 0) is 31.9 Å². The molecule has 0 N–H and O–H groups in total. The average molecular weight is 266 g/mol. The van der Waals surface area contributed by atoms with E-state index >= 15 is 0 Å². The molecule has 1 aliphatic heterocycles. The predicted molar refractivity (Wildman–Crippen MR) is 70.8 cm³/mol. The van der Waals surface area contributed by atoms with Crippen molar-refractivity contribution in [2.45, 2.75) is 25.9 Å². The van der Waals surface area contributed by atoms with Gasteiger partial charge in [-0.25, -0.2) is 4.98 Å². The van der Waals surface area contributed by atoms with E-state index < -0.39 is 0 Å². The molecular weight excluding hydrogens is 250 g/mol. The molecule has 1 unspecified atom stereocenters. The van der Waals surface area contributed by atoms with Crippen LogP contribution >= 0.6 is 11.6 Å². The van der Waals surface area contributed by atoms with Gasteiger partial charge < -0.3 is 9.64 Å². The summed E-state index contributed by atoms with van der Waals surface area (Å²) in [5, 5.41) is 9.30. The van der Waals surface area contributed by atoms with Crippen molar-refractivity contribution >= 4 is 17.4 Å². The van der Waals surface area contributed by atoms with Gasteiger partial charge in [-0.2, -0.15) is 5.26 Å². The zero-order chi connectivity index (χ0) is 13.0. The highest BCUT2D eigenvalue weighted by Crippen LogP contribution is 2.22. The van der Waals surface area contributed by atoms with Crippen LogP contribution in [-0.4, -0.2) is 30.8 Å². The largest absolute Gasteiger partial charge is 0.377 e. The predicted octanol–water partition coefficient (Wildman–Crippen LogP) is 2.61. The molecule has 0 spiro atoms. The second-order valence-corrected chi connectivity index (χ2v) is 4.70. The van der Waals surface area contributed by atoms with Gasteiger partial charge in [0.05, 0.1) is 17.7 Å². The van der Waals surface area contributed by atoms with Crippen LogP contribution in [0.25, 0.3) is 0 Å². The molecule has 0 aromatic carbocycles. The van der Waals surface area contributed by atoms with Crippen molar-refractivity contribution in [3.8, 4) is 6.07 Å². The molecular formula is C13H16ClN3O. The van der Waals surface area contributed by atoms with Gasteiger partial charge in [-0.15, -0.1) is 0 Å². The highest BCUT2D eigenvalue weighted by molar-refractivity contribution is 6.29. The van der Waals surface area contributed by atoms with E-state index in [9.17, 15) is 0 Å². The van der Waals surface area contributed by atoms with Crippen LogP contribution in [0.4, 0.5) is 5.82 Å². The highest BCUT2D eigenvalue weighted by atomic mass is 35.5. The molecule has 0 aliphatic carbocycles. The lowest BCUT2D eigenvalue weighted by Crippen LogP contribution is -2.40. The third kappa shape index (κ3) is 3.12. The lowest BCUT2D eigenvalue weighted by Gasteiger charge is -2.33. The van der Waals surface area contributed by atoms with Gasteiger partial charge in [0.1, 0.15) is 11.0 Å². The standard InChI is InChI=1S/C13H16ClN3O/c1-2-18-11-4-3-5-17(9-11)13-7-10(8-15)6-12(14)16-13/h6-7,11H,2-5,9H2,1H3. The Labute approximate surface area is 112 Å². The Hall–Kier alpha value is -1.31. The quantitative estimate of drug-likeness (QED) is 0.789. The first-order valence-electron chi connectivity index (χ1n) is 6.17. The molecule has 5 heteroatoms. The van der Waals surface area contributed by atoms with Gasteiger partial charge in [0.2, 0.25) is 0 Å². The van der Waals surface area contributed by atoms with Gasteiger partial charge in [-0.1, -0.05) is 11.6 Å². The summed E-state index contributed by atoms with van der Waals surface area (Å²) in [6.07, 6.45) is 2.39. The smallest absolute Gasteiger partial charge is 0.132 e. The summed E-state index contributed by atoms with van der Waals surface area (Å²) >= 11 is 5.93. The minimum Gasteiger partial charge on any atom is -0.377 e. The Morgan fingerprint density at radius 1 is 1.61 bits per heavy atom. The van der Waals surface area contributed by atoms with Crippen LogP contribution < -0.4 is 4.90 Å². The molecule has 2 rings (SSSR count). The van der Waals surface area contributed by atoms with Crippen molar-refractivity contribution in [2.75, 3.05) is 24.6 Å². The number of hydrogen-bond acceptors (Lipinski definition) is 4. The molecule has 1 saturated heterocycles. The highest BCUT2D eigenvalue weighted by Gasteiger charge is 2.21. The molecule has 0 amide bonds. The number of piperidine rings is 1. The van der Waals surface area contributed by atoms with Crippen molar-refractivity contribution in [2.24, 2.45) is 0 Å². The Morgan fingerprint density at radius 3 is 3.17 bits per heavy atom. The normalized spacial score (nSPS) is 19.6. The number of nitriles is 1. The van der Waals surface area contributed by atoms with Crippen molar-refractivity contribution < 1.29 is 4.74 Å². The molecule has 1 fully saturated rings. The SMILES string of the molecule is CCOC1CCCN(c2cc(C#N)cc(Cl)n2)C1. The summed E-state index contributed by atoms with van der Waals surface area (Å²) in [5.41, 5.74) is 0.545. The number of aromatic nitrogens is 1. The monoisotopic (exact) mass is 265 g/mol. The molecule has 1 atom stereocenters. The number of rotatable bonds is 3. The number of hydrogen-bond donors (Lipinski definition) is 0. The topological polar surface area (TPSA) is 49.1 Å². The van der Waals surface area contributed by atoms with Gasteiger partial charge >= 0.3 is 0 Å². The van der Waals surface area contributed by atoms with Gasteiger partial charge in [0.15, 0.2) is 0 Å².